The number of allylic oxidation sites excluding steroid dienone is 2. The molecule has 1 aliphatic carbocycles. The second-order valence-corrected chi connectivity index (χ2v) is 6.66. The molecule has 110 valence electrons. The van der Waals surface area contributed by atoms with Crippen molar-refractivity contribution in [3.63, 3.8) is 0 Å². The molecule has 1 aromatic rings. The van der Waals surface area contributed by atoms with Crippen LogP contribution in [0.2, 0.25) is 0 Å². The predicted octanol–water partition coefficient (Wildman–Crippen LogP) is 4.20. The van der Waals surface area contributed by atoms with Gasteiger partial charge in [0.25, 0.3) is 0 Å². The van der Waals surface area contributed by atoms with Crippen molar-refractivity contribution in [2.75, 3.05) is 11.4 Å². The number of carbonyl (C=O) groups is 1. The Morgan fingerprint density at radius 2 is 1.86 bits per heavy atom. The van der Waals surface area contributed by atoms with Crippen LogP contribution >= 0.6 is 0 Å². The van der Waals surface area contributed by atoms with Gasteiger partial charge in [-0.3, -0.25) is 4.90 Å². The fourth-order valence-corrected chi connectivity index (χ4v) is 2.99. The number of hydrogen-bond donors (Lipinski definition) is 0. The highest BCUT2D eigenvalue weighted by Gasteiger charge is 2.42. The normalized spacial score (nSPS) is 18.9. The molecule has 1 amide bonds. The van der Waals surface area contributed by atoms with Crippen LogP contribution < -0.4 is 4.90 Å². The zero-order chi connectivity index (χ0) is 15.1. The number of anilines is 1. The van der Waals surface area contributed by atoms with E-state index in [9.17, 15) is 4.79 Å². The van der Waals surface area contributed by atoms with E-state index in [4.69, 9.17) is 4.74 Å². The SMILES string of the molecule is CC(C)(C)OC(=O)N1CC2(C=CCC=C2)c2ccccc21. The lowest BCUT2D eigenvalue weighted by atomic mass is 9.79. The summed E-state index contributed by atoms with van der Waals surface area (Å²) in [5.74, 6) is 0. The molecule has 21 heavy (non-hydrogen) atoms. The van der Waals surface area contributed by atoms with Crippen molar-refractivity contribution < 1.29 is 9.53 Å². The Labute approximate surface area is 125 Å². The smallest absolute Gasteiger partial charge is 0.414 e. The summed E-state index contributed by atoms with van der Waals surface area (Å²) in [6.07, 6.45) is 9.41. The van der Waals surface area contributed by atoms with Crippen molar-refractivity contribution in [2.24, 2.45) is 0 Å². The number of benzene rings is 1. The van der Waals surface area contributed by atoms with Crippen molar-refractivity contribution in [3.8, 4) is 0 Å². The lowest BCUT2D eigenvalue weighted by Gasteiger charge is -2.27. The topological polar surface area (TPSA) is 29.5 Å². The summed E-state index contributed by atoms with van der Waals surface area (Å²) < 4.78 is 5.55. The van der Waals surface area contributed by atoms with Gasteiger partial charge in [0.15, 0.2) is 0 Å². The molecule has 2 aliphatic rings. The Hall–Kier alpha value is -2.03. The highest BCUT2D eigenvalue weighted by atomic mass is 16.6. The first kappa shape index (κ1) is 13.9. The van der Waals surface area contributed by atoms with Crippen molar-refractivity contribution in [3.05, 3.63) is 54.1 Å². The number of nitrogens with zero attached hydrogens (tertiary/aromatic N) is 1. The van der Waals surface area contributed by atoms with Gasteiger partial charge in [-0.25, -0.2) is 4.79 Å². The second-order valence-electron chi connectivity index (χ2n) is 6.66. The molecular weight excluding hydrogens is 262 g/mol. The van der Waals surface area contributed by atoms with Gasteiger partial charge < -0.3 is 4.74 Å². The maximum atomic E-state index is 12.5. The van der Waals surface area contributed by atoms with Gasteiger partial charge in [0.1, 0.15) is 5.60 Å². The van der Waals surface area contributed by atoms with E-state index < -0.39 is 5.60 Å². The van der Waals surface area contributed by atoms with Gasteiger partial charge in [0.05, 0.1) is 11.1 Å². The minimum Gasteiger partial charge on any atom is -0.443 e. The molecule has 1 aliphatic heterocycles. The lowest BCUT2D eigenvalue weighted by molar-refractivity contribution is 0.0581. The molecule has 1 heterocycles. The van der Waals surface area contributed by atoms with Crippen LogP contribution in [-0.4, -0.2) is 18.2 Å². The number of ether oxygens (including phenoxy) is 1. The van der Waals surface area contributed by atoms with E-state index in [1.807, 2.05) is 39.0 Å². The number of rotatable bonds is 0. The zero-order valence-corrected chi connectivity index (χ0v) is 12.8. The minimum atomic E-state index is -0.486. The molecule has 0 radical (unpaired) electrons. The van der Waals surface area contributed by atoms with Gasteiger partial charge in [-0.15, -0.1) is 0 Å². The van der Waals surface area contributed by atoms with E-state index in [1.54, 1.807) is 4.90 Å². The fourth-order valence-electron chi connectivity index (χ4n) is 2.99. The molecule has 0 aromatic heterocycles. The molecule has 1 aromatic carbocycles. The molecule has 3 rings (SSSR count). The van der Waals surface area contributed by atoms with Crippen LogP contribution in [0.5, 0.6) is 0 Å². The van der Waals surface area contributed by atoms with Gasteiger partial charge in [0.2, 0.25) is 0 Å². The highest BCUT2D eigenvalue weighted by Crippen LogP contribution is 2.44. The van der Waals surface area contributed by atoms with Crippen LogP contribution in [-0.2, 0) is 10.2 Å². The average molecular weight is 283 g/mol. The van der Waals surface area contributed by atoms with Crippen molar-refractivity contribution in [2.45, 2.75) is 38.2 Å². The molecule has 0 unspecified atom stereocenters. The third kappa shape index (κ3) is 2.48. The molecule has 0 N–H and O–H groups in total. The van der Waals surface area contributed by atoms with Crippen LogP contribution in [0.3, 0.4) is 0 Å². The number of amides is 1. The highest BCUT2D eigenvalue weighted by molar-refractivity contribution is 5.92. The first-order valence-electron chi connectivity index (χ1n) is 7.37. The maximum absolute atomic E-state index is 12.5. The number of para-hydroxylation sites is 1. The van der Waals surface area contributed by atoms with Crippen LogP contribution in [0, 0.1) is 0 Å². The summed E-state index contributed by atoms with van der Waals surface area (Å²) in [4.78, 5) is 14.3. The Morgan fingerprint density at radius 3 is 2.52 bits per heavy atom. The van der Waals surface area contributed by atoms with Crippen LogP contribution in [0.4, 0.5) is 10.5 Å². The first-order valence-corrected chi connectivity index (χ1v) is 7.37. The number of carbonyl (C=O) groups excluding carboxylic acids is 1. The van der Waals surface area contributed by atoms with Gasteiger partial charge in [0, 0.05) is 6.54 Å². The van der Waals surface area contributed by atoms with Gasteiger partial charge in [-0.2, -0.15) is 0 Å². The third-order valence-electron chi connectivity index (χ3n) is 3.83. The van der Waals surface area contributed by atoms with E-state index >= 15 is 0 Å². The van der Waals surface area contributed by atoms with Gasteiger partial charge >= 0.3 is 6.09 Å². The quantitative estimate of drug-likeness (QED) is 0.668. The Bertz CT molecular complexity index is 610. The zero-order valence-electron chi connectivity index (χ0n) is 12.8. The molecule has 3 heteroatoms. The molecule has 0 saturated heterocycles. The van der Waals surface area contributed by atoms with E-state index in [0.29, 0.717) is 6.54 Å². The molecular formula is C18H21NO2. The van der Waals surface area contributed by atoms with Gasteiger partial charge in [-0.05, 0) is 38.8 Å². The molecule has 0 atom stereocenters. The summed E-state index contributed by atoms with van der Waals surface area (Å²) in [7, 11) is 0. The molecule has 3 nitrogen and oxygen atoms in total. The predicted molar refractivity (Wildman–Crippen MR) is 84.6 cm³/mol. The summed E-state index contributed by atoms with van der Waals surface area (Å²) in [6, 6.07) is 8.07. The summed E-state index contributed by atoms with van der Waals surface area (Å²) in [5, 5.41) is 0. The van der Waals surface area contributed by atoms with Crippen LogP contribution in [0.15, 0.2) is 48.6 Å². The van der Waals surface area contributed by atoms with E-state index in [1.165, 1.54) is 5.56 Å². The molecule has 0 bridgehead atoms. The Balaban J connectivity index is 1.99. The van der Waals surface area contributed by atoms with Crippen LogP contribution in [0.1, 0.15) is 32.8 Å². The van der Waals surface area contributed by atoms with E-state index in [-0.39, 0.29) is 11.5 Å². The third-order valence-corrected chi connectivity index (χ3v) is 3.83. The molecule has 0 fully saturated rings. The Morgan fingerprint density at radius 1 is 1.19 bits per heavy atom. The maximum Gasteiger partial charge on any atom is 0.414 e. The fraction of sp³-hybridized carbons (Fsp3) is 0.389. The summed E-state index contributed by atoms with van der Waals surface area (Å²) in [6.45, 7) is 6.28. The first-order chi connectivity index (χ1) is 9.91. The van der Waals surface area contributed by atoms with Gasteiger partial charge in [-0.1, -0.05) is 42.5 Å². The average Bonchev–Trinajstić information content (AvgIpc) is 2.74. The monoisotopic (exact) mass is 283 g/mol. The standard InChI is InChI=1S/C18H21NO2/c1-17(2,3)21-16(20)19-13-18(11-7-4-8-12-18)14-9-5-6-10-15(14)19/h5-12H,4,13H2,1-3H3. The minimum absolute atomic E-state index is 0.203. The largest absolute Gasteiger partial charge is 0.443 e. The lowest BCUT2D eigenvalue weighted by Crippen LogP contribution is -2.39. The second kappa shape index (κ2) is 4.76. The van der Waals surface area contributed by atoms with Crippen molar-refractivity contribution in [1.82, 2.24) is 0 Å². The van der Waals surface area contributed by atoms with E-state index in [0.717, 1.165) is 12.1 Å². The Kier molecular flexibility index (Phi) is 3.16. The molecule has 0 saturated carbocycles. The number of hydrogen-bond acceptors (Lipinski definition) is 2. The van der Waals surface area contributed by atoms with Crippen LogP contribution in [0.25, 0.3) is 0 Å². The van der Waals surface area contributed by atoms with E-state index in [2.05, 4.69) is 30.4 Å². The summed E-state index contributed by atoms with van der Waals surface area (Å²) >= 11 is 0. The van der Waals surface area contributed by atoms with Crippen molar-refractivity contribution in [1.29, 1.82) is 0 Å². The van der Waals surface area contributed by atoms with Crippen molar-refractivity contribution >= 4 is 11.8 Å². The number of fused-ring (bicyclic) bond motifs is 2. The molecule has 1 spiro atoms. The summed E-state index contributed by atoms with van der Waals surface area (Å²) in [5.41, 5.74) is 1.43.